The Kier molecular flexibility index (Phi) is 3.58. The average molecular weight is 346 g/mol. The Bertz CT molecular complexity index is 728. The quantitative estimate of drug-likeness (QED) is 0.356. The number of carbonyl (C=O) groups excluding carboxylic acids is 2. The molecular weight excluding hydrogens is 324 g/mol. The van der Waals surface area contributed by atoms with E-state index in [0.717, 1.165) is 18.4 Å². The summed E-state index contributed by atoms with van der Waals surface area (Å²) in [6, 6.07) is 0. The van der Waals surface area contributed by atoms with Crippen molar-refractivity contribution in [1.29, 1.82) is 0 Å². The van der Waals surface area contributed by atoms with E-state index in [2.05, 4.69) is 13.8 Å². The molecule has 134 valence electrons. The molecular formula is C19H22O6. The Labute approximate surface area is 146 Å². The van der Waals surface area contributed by atoms with Crippen LogP contribution in [0.4, 0.5) is 0 Å². The maximum absolute atomic E-state index is 12.3. The SMILES string of the molecule is CC1=C[C@@H](O/C=C2/C(=O)O[C@H]3[C@H]4C(=C[C@@H]23)[C@@H](O)CCC4(C)C)OC1=O. The van der Waals surface area contributed by atoms with Gasteiger partial charge in [0.05, 0.1) is 23.9 Å². The molecule has 1 saturated carbocycles. The van der Waals surface area contributed by atoms with Crippen molar-refractivity contribution >= 4 is 11.9 Å². The second kappa shape index (κ2) is 5.46. The van der Waals surface area contributed by atoms with Gasteiger partial charge in [0.1, 0.15) is 6.10 Å². The van der Waals surface area contributed by atoms with Crippen molar-refractivity contribution in [1.82, 2.24) is 0 Å². The fourth-order valence-electron chi connectivity index (χ4n) is 4.42. The summed E-state index contributed by atoms with van der Waals surface area (Å²) in [6.07, 6.45) is 4.88. The number of cyclic esters (lactones) is 1. The molecule has 0 unspecified atom stereocenters. The minimum absolute atomic E-state index is 0.0162. The molecule has 0 amide bonds. The summed E-state index contributed by atoms with van der Waals surface area (Å²) in [7, 11) is 0. The fraction of sp³-hybridized carbons (Fsp3) is 0.579. The van der Waals surface area contributed by atoms with Crippen molar-refractivity contribution in [2.75, 3.05) is 0 Å². The summed E-state index contributed by atoms with van der Waals surface area (Å²) in [5.41, 5.74) is 1.81. The van der Waals surface area contributed by atoms with Crippen LogP contribution in [-0.4, -0.2) is 35.5 Å². The Balaban J connectivity index is 1.59. The first-order valence-electron chi connectivity index (χ1n) is 8.63. The summed E-state index contributed by atoms with van der Waals surface area (Å²) < 4.78 is 16.1. The summed E-state index contributed by atoms with van der Waals surface area (Å²) >= 11 is 0. The van der Waals surface area contributed by atoms with Gasteiger partial charge in [-0.1, -0.05) is 19.9 Å². The third-order valence-electron chi connectivity index (χ3n) is 5.80. The van der Waals surface area contributed by atoms with Crippen molar-refractivity contribution < 1.29 is 28.9 Å². The van der Waals surface area contributed by atoms with Crippen LogP contribution in [-0.2, 0) is 23.8 Å². The van der Waals surface area contributed by atoms with Gasteiger partial charge in [0.2, 0.25) is 0 Å². The summed E-state index contributed by atoms with van der Waals surface area (Å²) in [5.74, 6) is -1.05. The van der Waals surface area contributed by atoms with Gasteiger partial charge in [-0.15, -0.1) is 0 Å². The topological polar surface area (TPSA) is 82.1 Å². The predicted molar refractivity (Wildman–Crippen MR) is 86.8 cm³/mol. The van der Waals surface area contributed by atoms with Crippen molar-refractivity contribution in [3.8, 4) is 0 Å². The van der Waals surface area contributed by atoms with Crippen LogP contribution in [0.25, 0.3) is 0 Å². The molecule has 4 aliphatic rings. The lowest BCUT2D eigenvalue weighted by molar-refractivity contribution is -0.152. The van der Waals surface area contributed by atoms with Crippen LogP contribution in [0.1, 0.15) is 33.6 Å². The molecule has 0 aromatic rings. The Morgan fingerprint density at radius 2 is 2.00 bits per heavy atom. The summed E-state index contributed by atoms with van der Waals surface area (Å²) in [4.78, 5) is 23.7. The third-order valence-corrected chi connectivity index (χ3v) is 5.80. The van der Waals surface area contributed by atoms with Gasteiger partial charge in [0.25, 0.3) is 6.29 Å². The highest BCUT2D eigenvalue weighted by atomic mass is 16.7. The van der Waals surface area contributed by atoms with E-state index in [0.29, 0.717) is 11.1 Å². The fourth-order valence-corrected chi connectivity index (χ4v) is 4.42. The first-order chi connectivity index (χ1) is 11.8. The molecule has 1 saturated heterocycles. The number of aliphatic hydroxyl groups is 1. The zero-order chi connectivity index (χ0) is 17.9. The number of hydrogen-bond donors (Lipinski definition) is 1. The average Bonchev–Trinajstić information content (AvgIpc) is 3.15. The van der Waals surface area contributed by atoms with E-state index < -0.39 is 24.3 Å². The van der Waals surface area contributed by atoms with E-state index in [9.17, 15) is 14.7 Å². The van der Waals surface area contributed by atoms with Crippen LogP contribution in [0.15, 0.2) is 35.1 Å². The molecule has 0 aromatic carbocycles. The second-order valence-electron chi connectivity index (χ2n) is 7.92. The third kappa shape index (κ3) is 2.51. The van der Waals surface area contributed by atoms with Gasteiger partial charge in [-0.2, -0.15) is 0 Å². The molecule has 6 nitrogen and oxygen atoms in total. The molecule has 2 aliphatic heterocycles. The van der Waals surface area contributed by atoms with E-state index in [1.165, 1.54) is 6.26 Å². The molecule has 0 radical (unpaired) electrons. The van der Waals surface area contributed by atoms with Gasteiger partial charge in [0, 0.05) is 17.6 Å². The molecule has 4 rings (SSSR count). The smallest absolute Gasteiger partial charge is 0.338 e. The first-order valence-corrected chi connectivity index (χ1v) is 8.63. The standard InChI is InChI=1S/C19H22O6/c1-9-6-14(24-17(9)21)23-8-12-10-7-11-13(20)4-5-19(2,3)15(11)16(10)25-18(12)22/h6-8,10,13-16,20H,4-5H2,1-3H3/b12-8+/t10-,13-,14-,15+,16+/m0/s1. The van der Waals surface area contributed by atoms with Crippen LogP contribution in [0.3, 0.4) is 0 Å². The van der Waals surface area contributed by atoms with Crippen LogP contribution in [0.2, 0.25) is 0 Å². The van der Waals surface area contributed by atoms with Crippen LogP contribution in [0.5, 0.6) is 0 Å². The molecule has 0 aromatic heterocycles. The summed E-state index contributed by atoms with van der Waals surface area (Å²) in [5, 5.41) is 10.4. The Morgan fingerprint density at radius 1 is 1.24 bits per heavy atom. The van der Waals surface area contributed by atoms with Gasteiger partial charge >= 0.3 is 11.9 Å². The van der Waals surface area contributed by atoms with Gasteiger partial charge in [-0.25, -0.2) is 9.59 Å². The number of esters is 2. The van der Waals surface area contributed by atoms with Crippen molar-refractivity contribution in [2.24, 2.45) is 17.3 Å². The number of carbonyl (C=O) groups is 2. The van der Waals surface area contributed by atoms with Gasteiger partial charge in [-0.05, 0) is 30.8 Å². The molecule has 0 bridgehead atoms. The molecule has 1 N–H and O–H groups in total. The number of ether oxygens (including phenoxy) is 3. The minimum Gasteiger partial charge on any atom is -0.458 e. The van der Waals surface area contributed by atoms with E-state index in [-0.39, 0.29) is 23.4 Å². The Hall–Kier alpha value is -2.08. The highest BCUT2D eigenvalue weighted by Gasteiger charge is 2.56. The molecule has 25 heavy (non-hydrogen) atoms. The lowest BCUT2D eigenvalue weighted by Gasteiger charge is -2.42. The molecule has 6 heteroatoms. The largest absolute Gasteiger partial charge is 0.458 e. The predicted octanol–water partition coefficient (Wildman–Crippen LogP) is 1.99. The monoisotopic (exact) mass is 346 g/mol. The lowest BCUT2D eigenvalue weighted by Crippen LogP contribution is -2.41. The minimum atomic E-state index is -0.815. The second-order valence-corrected chi connectivity index (χ2v) is 7.92. The lowest BCUT2D eigenvalue weighted by atomic mass is 9.65. The van der Waals surface area contributed by atoms with Crippen molar-refractivity contribution in [2.45, 2.75) is 52.1 Å². The van der Waals surface area contributed by atoms with Crippen molar-refractivity contribution in [3.05, 3.63) is 35.1 Å². The first kappa shape index (κ1) is 16.4. The van der Waals surface area contributed by atoms with E-state index in [1.54, 1.807) is 13.0 Å². The Morgan fingerprint density at radius 3 is 2.68 bits per heavy atom. The zero-order valence-electron chi connectivity index (χ0n) is 14.5. The van der Waals surface area contributed by atoms with E-state index >= 15 is 0 Å². The molecule has 0 spiro atoms. The van der Waals surface area contributed by atoms with Gasteiger partial charge in [0.15, 0.2) is 0 Å². The molecule has 2 fully saturated rings. The maximum atomic E-state index is 12.3. The van der Waals surface area contributed by atoms with E-state index in [1.807, 2.05) is 6.08 Å². The van der Waals surface area contributed by atoms with Crippen LogP contribution >= 0.6 is 0 Å². The number of aliphatic hydroxyl groups excluding tert-OH is 1. The number of fused-ring (bicyclic) bond motifs is 3. The normalized spacial score (nSPS) is 40.2. The van der Waals surface area contributed by atoms with E-state index in [4.69, 9.17) is 14.2 Å². The van der Waals surface area contributed by atoms with Crippen molar-refractivity contribution in [3.63, 3.8) is 0 Å². The van der Waals surface area contributed by atoms with Crippen LogP contribution < -0.4 is 0 Å². The highest BCUT2D eigenvalue weighted by Crippen LogP contribution is 2.55. The summed E-state index contributed by atoms with van der Waals surface area (Å²) in [6.45, 7) is 5.95. The molecule has 2 heterocycles. The zero-order valence-corrected chi connectivity index (χ0v) is 14.5. The molecule has 2 aliphatic carbocycles. The number of rotatable bonds is 2. The van der Waals surface area contributed by atoms with Crippen LogP contribution in [0, 0.1) is 17.3 Å². The van der Waals surface area contributed by atoms with Gasteiger partial charge < -0.3 is 19.3 Å². The molecule has 5 atom stereocenters. The maximum Gasteiger partial charge on any atom is 0.338 e. The number of hydrogen-bond acceptors (Lipinski definition) is 6. The highest BCUT2D eigenvalue weighted by molar-refractivity contribution is 5.92. The van der Waals surface area contributed by atoms with Gasteiger partial charge in [-0.3, -0.25) is 0 Å².